The van der Waals surface area contributed by atoms with Gasteiger partial charge in [0.25, 0.3) is 0 Å². The first kappa shape index (κ1) is 20.6. The number of anilines is 2. The van der Waals surface area contributed by atoms with Gasteiger partial charge in [0.1, 0.15) is 5.00 Å². The number of ketones is 1. The second kappa shape index (κ2) is 9.32. The van der Waals surface area contributed by atoms with E-state index in [1.165, 1.54) is 6.92 Å². The molecule has 0 spiro atoms. The van der Waals surface area contributed by atoms with Crippen LogP contribution in [0.4, 0.5) is 10.7 Å². The fourth-order valence-corrected chi connectivity index (χ4v) is 3.84. The summed E-state index contributed by atoms with van der Waals surface area (Å²) in [5.74, 6) is -1.00. The predicted molar refractivity (Wildman–Crippen MR) is 108 cm³/mol. The highest BCUT2D eigenvalue weighted by molar-refractivity contribution is 7.18. The maximum atomic E-state index is 12.4. The molecule has 27 heavy (non-hydrogen) atoms. The van der Waals surface area contributed by atoms with E-state index in [-0.39, 0.29) is 30.4 Å². The molecule has 0 radical (unpaired) electrons. The number of esters is 1. The van der Waals surface area contributed by atoms with Crippen LogP contribution in [0, 0.1) is 6.92 Å². The summed E-state index contributed by atoms with van der Waals surface area (Å²) < 4.78 is 5.07. The predicted octanol–water partition coefficient (Wildman–Crippen LogP) is 4.05. The van der Waals surface area contributed by atoms with Gasteiger partial charge in [0.05, 0.1) is 23.6 Å². The third kappa shape index (κ3) is 4.95. The Labute approximate surface area is 162 Å². The Bertz CT molecular complexity index is 858. The highest BCUT2D eigenvalue weighted by Gasteiger charge is 2.25. The van der Waals surface area contributed by atoms with Crippen molar-refractivity contribution in [2.75, 3.05) is 23.8 Å². The lowest BCUT2D eigenvalue weighted by Crippen LogP contribution is -2.23. The standard InChI is InChI=1S/C20H24N2O4S/c1-5-14-9-7-8-10-15(14)21-11-16(24)22-19-17(20(25)26-6-2)12(3)18(27-19)13(4)23/h7-10,21H,5-6,11H2,1-4H3,(H,22,24). The Hall–Kier alpha value is -2.67. The van der Waals surface area contributed by atoms with Gasteiger partial charge in [-0.25, -0.2) is 4.79 Å². The molecular formula is C20H24N2O4S. The molecular weight excluding hydrogens is 364 g/mol. The maximum Gasteiger partial charge on any atom is 0.341 e. The molecule has 0 aliphatic heterocycles. The number of Topliss-reactive ketones (excluding diaryl/α,β-unsaturated/α-hetero) is 1. The number of hydrogen-bond acceptors (Lipinski definition) is 6. The molecule has 2 rings (SSSR count). The van der Waals surface area contributed by atoms with Gasteiger partial charge in [-0.15, -0.1) is 11.3 Å². The van der Waals surface area contributed by atoms with E-state index in [4.69, 9.17) is 4.74 Å². The van der Waals surface area contributed by atoms with Gasteiger partial charge in [-0.2, -0.15) is 0 Å². The van der Waals surface area contributed by atoms with Crippen molar-refractivity contribution >= 4 is 39.7 Å². The van der Waals surface area contributed by atoms with Crippen LogP contribution in [0.3, 0.4) is 0 Å². The summed E-state index contributed by atoms with van der Waals surface area (Å²) in [4.78, 5) is 36.9. The van der Waals surface area contributed by atoms with Crippen LogP contribution in [-0.4, -0.2) is 30.8 Å². The van der Waals surface area contributed by atoms with E-state index in [2.05, 4.69) is 10.6 Å². The highest BCUT2D eigenvalue weighted by Crippen LogP contribution is 2.34. The van der Waals surface area contributed by atoms with Crippen molar-refractivity contribution in [2.24, 2.45) is 0 Å². The molecule has 6 nitrogen and oxygen atoms in total. The molecule has 0 saturated carbocycles. The molecule has 0 bridgehead atoms. The van der Waals surface area contributed by atoms with E-state index in [1.807, 2.05) is 31.2 Å². The molecule has 1 aromatic heterocycles. The SMILES string of the molecule is CCOC(=O)c1c(NC(=O)CNc2ccccc2CC)sc(C(C)=O)c1C. The van der Waals surface area contributed by atoms with Gasteiger partial charge in [-0.1, -0.05) is 25.1 Å². The summed E-state index contributed by atoms with van der Waals surface area (Å²) in [6, 6.07) is 7.77. The van der Waals surface area contributed by atoms with Gasteiger partial charge in [0, 0.05) is 5.69 Å². The topological polar surface area (TPSA) is 84.5 Å². The van der Waals surface area contributed by atoms with Crippen LogP contribution in [-0.2, 0) is 16.0 Å². The van der Waals surface area contributed by atoms with Crippen molar-refractivity contribution in [1.29, 1.82) is 0 Å². The largest absolute Gasteiger partial charge is 0.462 e. The summed E-state index contributed by atoms with van der Waals surface area (Å²) in [7, 11) is 0. The van der Waals surface area contributed by atoms with Crippen LogP contribution in [0.1, 0.15) is 51.9 Å². The van der Waals surface area contributed by atoms with Crippen LogP contribution in [0.15, 0.2) is 24.3 Å². The van der Waals surface area contributed by atoms with Gasteiger partial charge in [-0.05, 0) is 44.4 Å². The molecule has 0 unspecified atom stereocenters. The summed E-state index contributed by atoms with van der Waals surface area (Å²) in [6.45, 7) is 7.13. The Morgan fingerprint density at radius 3 is 2.48 bits per heavy atom. The minimum absolute atomic E-state index is 0.0473. The molecule has 2 N–H and O–H groups in total. The van der Waals surface area contributed by atoms with Gasteiger partial charge in [0.2, 0.25) is 5.91 Å². The third-order valence-electron chi connectivity index (χ3n) is 4.04. The zero-order chi connectivity index (χ0) is 20.0. The molecule has 0 atom stereocenters. The van der Waals surface area contributed by atoms with Crippen LogP contribution in [0.5, 0.6) is 0 Å². The first-order valence-electron chi connectivity index (χ1n) is 8.82. The lowest BCUT2D eigenvalue weighted by Gasteiger charge is -2.11. The quantitative estimate of drug-likeness (QED) is 0.526. The molecule has 1 heterocycles. The van der Waals surface area contributed by atoms with Gasteiger partial charge >= 0.3 is 5.97 Å². The maximum absolute atomic E-state index is 12.4. The van der Waals surface area contributed by atoms with Crippen molar-refractivity contribution < 1.29 is 19.1 Å². The lowest BCUT2D eigenvalue weighted by atomic mass is 10.1. The van der Waals surface area contributed by atoms with Gasteiger partial charge in [0.15, 0.2) is 5.78 Å². The normalized spacial score (nSPS) is 10.4. The number of ether oxygens (including phenoxy) is 1. The van der Waals surface area contributed by atoms with Gasteiger partial charge < -0.3 is 15.4 Å². The Kier molecular flexibility index (Phi) is 7.12. The van der Waals surface area contributed by atoms with E-state index in [0.717, 1.165) is 29.0 Å². The number of hydrogen-bond donors (Lipinski definition) is 2. The average molecular weight is 388 g/mol. The first-order chi connectivity index (χ1) is 12.9. The summed E-state index contributed by atoms with van der Waals surface area (Å²) >= 11 is 1.10. The number of amides is 1. The molecule has 1 amide bonds. The zero-order valence-corrected chi connectivity index (χ0v) is 16.8. The average Bonchev–Trinajstić information content (AvgIpc) is 2.96. The van der Waals surface area contributed by atoms with E-state index in [9.17, 15) is 14.4 Å². The van der Waals surface area contributed by atoms with E-state index in [0.29, 0.717) is 15.4 Å². The second-order valence-corrected chi connectivity index (χ2v) is 6.97. The summed E-state index contributed by atoms with van der Waals surface area (Å²) in [5.41, 5.74) is 2.79. The highest BCUT2D eigenvalue weighted by atomic mass is 32.1. The summed E-state index contributed by atoms with van der Waals surface area (Å²) in [6.07, 6.45) is 0.851. The number of rotatable bonds is 8. The Balaban J connectivity index is 2.18. The van der Waals surface area contributed by atoms with Crippen molar-refractivity contribution in [3.8, 4) is 0 Å². The van der Waals surface area contributed by atoms with Crippen LogP contribution in [0.2, 0.25) is 0 Å². The smallest absolute Gasteiger partial charge is 0.341 e. The fourth-order valence-electron chi connectivity index (χ4n) is 2.73. The summed E-state index contributed by atoms with van der Waals surface area (Å²) in [5, 5.41) is 6.19. The van der Waals surface area contributed by atoms with E-state index >= 15 is 0 Å². The number of thiophene rings is 1. The number of nitrogens with one attached hydrogen (secondary N) is 2. The van der Waals surface area contributed by atoms with Crippen LogP contribution in [0.25, 0.3) is 0 Å². The number of carbonyl (C=O) groups is 3. The molecule has 2 aromatic rings. The zero-order valence-electron chi connectivity index (χ0n) is 16.0. The molecule has 144 valence electrons. The molecule has 7 heteroatoms. The van der Waals surface area contributed by atoms with E-state index in [1.54, 1.807) is 13.8 Å². The van der Waals surface area contributed by atoms with Crippen LogP contribution < -0.4 is 10.6 Å². The first-order valence-corrected chi connectivity index (χ1v) is 9.63. The van der Waals surface area contributed by atoms with Crippen molar-refractivity contribution in [3.63, 3.8) is 0 Å². The Morgan fingerprint density at radius 2 is 1.85 bits per heavy atom. The number of aryl methyl sites for hydroxylation is 1. The molecule has 0 aliphatic rings. The molecule has 1 aromatic carbocycles. The van der Waals surface area contributed by atoms with Crippen LogP contribution >= 0.6 is 11.3 Å². The molecule has 0 saturated heterocycles. The van der Waals surface area contributed by atoms with Crippen molar-refractivity contribution in [2.45, 2.75) is 34.1 Å². The second-order valence-electron chi connectivity index (χ2n) is 5.95. The van der Waals surface area contributed by atoms with E-state index < -0.39 is 5.97 Å². The third-order valence-corrected chi connectivity index (χ3v) is 5.34. The Morgan fingerprint density at radius 1 is 1.15 bits per heavy atom. The number of carbonyl (C=O) groups excluding carboxylic acids is 3. The number of para-hydroxylation sites is 1. The molecule has 0 aliphatic carbocycles. The van der Waals surface area contributed by atoms with Crippen molar-refractivity contribution in [3.05, 3.63) is 45.8 Å². The minimum Gasteiger partial charge on any atom is -0.462 e. The minimum atomic E-state index is -0.543. The monoisotopic (exact) mass is 388 g/mol. The molecule has 0 fully saturated rings. The number of benzene rings is 1. The lowest BCUT2D eigenvalue weighted by molar-refractivity contribution is -0.114. The van der Waals surface area contributed by atoms with Gasteiger partial charge in [-0.3, -0.25) is 9.59 Å². The fraction of sp³-hybridized carbons (Fsp3) is 0.350. The van der Waals surface area contributed by atoms with Crippen molar-refractivity contribution in [1.82, 2.24) is 0 Å².